The zero-order valence-corrected chi connectivity index (χ0v) is 19.5. The lowest BCUT2D eigenvalue weighted by atomic mass is 9.83. The fourth-order valence-electron chi connectivity index (χ4n) is 4.93. The van der Waals surface area contributed by atoms with Crippen LogP contribution in [0.3, 0.4) is 0 Å². The highest BCUT2D eigenvalue weighted by molar-refractivity contribution is 5.62. The second-order valence-corrected chi connectivity index (χ2v) is 8.75. The molecule has 0 N–H and O–H groups in total. The fourth-order valence-corrected chi connectivity index (χ4v) is 4.93. The highest BCUT2D eigenvalue weighted by Crippen LogP contribution is 2.44. The molecule has 0 saturated carbocycles. The number of alkyl halides is 2. The first-order valence-corrected chi connectivity index (χ1v) is 11.9. The number of nitrogens with zero attached hydrogens (tertiary/aromatic N) is 3. The van der Waals surface area contributed by atoms with Crippen LogP contribution in [-0.2, 0) is 6.54 Å². The van der Waals surface area contributed by atoms with Crippen molar-refractivity contribution in [2.75, 3.05) is 6.61 Å². The average molecular weight is 476 g/mol. The van der Waals surface area contributed by atoms with Crippen LogP contribution in [0.15, 0.2) is 83.9 Å². The summed E-state index contributed by atoms with van der Waals surface area (Å²) in [4.78, 5) is 17.3. The van der Waals surface area contributed by atoms with Crippen LogP contribution in [0.1, 0.15) is 55.0 Å². The summed E-state index contributed by atoms with van der Waals surface area (Å²) in [6.07, 6.45) is 1.96. The molecular formula is C28H27F2N3O2. The van der Waals surface area contributed by atoms with Gasteiger partial charge in [0.1, 0.15) is 11.4 Å². The van der Waals surface area contributed by atoms with Gasteiger partial charge in [0.25, 0.3) is 6.43 Å². The van der Waals surface area contributed by atoms with E-state index in [1.54, 1.807) is 10.8 Å². The highest BCUT2D eigenvalue weighted by Gasteiger charge is 2.37. The Morgan fingerprint density at radius 1 is 1.03 bits per heavy atom. The van der Waals surface area contributed by atoms with Gasteiger partial charge in [-0.15, -0.1) is 0 Å². The van der Waals surface area contributed by atoms with Crippen LogP contribution in [0.5, 0.6) is 5.75 Å². The Kier molecular flexibility index (Phi) is 6.49. The Hall–Kier alpha value is -3.74. The number of imidazole rings is 1. The molecule has 0 bridgehead atoms. The van der Waals surface area contributed by atoms with Gasteiger partial charge in [-0.3, -0.25) is 4.79 Å². The number of rotatable bonds is 8. The van der Waals surface area contributed by atoms with Gasteiger partial charge in [-0.2, -0.15) is 0 Å². The summed E-state index contributed by atoms with van der Waals surface area (Å²) in [5, 5.41) is 0. The summed E-state index contributed by atoms with van der Waals surface area (Å²) in [6.45, 7) is 2.70. The van der Waals surface area contributed by atoms with Gasteiger partial charge in [-0.1, -0.05) is 74.0 Å². The highest BCUT2D eigenvalue weighted by atomic mass is 19.3. The van der Waals surface area contributed by atoms with Gasteiger partial charge in [0.15, 0.2) is 11.6 Å². The standard InChI is InChI=1S/C28H27F2N3O2/c1-2-3-16-35-26-23(34)14-15-32-22(18-33-21(27(29)30)17-31-28(33)25(26)32)24(19-10-6-4-7-11-19)20-12-8-5-9-13-20/h4-15,17,22,24,27H,2-3,16,18H2,1H3/t22-/m1/s1. The van der Waals surface area contributed by atoms with Crippen LogP contribution in [-0.4, -0.2) is 20.7 Å². The van der Waals surface area contributed by atoms with Crippen LogP contribution in [0, 0.1) is 0 Å². The predicted octanol–water partition coefficient (Wildman–Crippen LogP) is 6.22. The molecule has 2 aromatic heterocycles. The molecule has 5 rings (SSSR count). The van der Waals surface area contributed by atoms with Gasteiger partial charge < -0.3 is 13.9 Å². The van der Waals surface area contributed by atoms with Crippen molar-refractivity contribution in [3.8, 4) is 17.3 Å². The van der Waals surface area contributed by atoms with Crippen molar-refractivity contribution >= 4 is 0 Å². The van der Waals surface area contributed by atoms with E-state index in [0.29, 0.717) is 18.1 Å². The summed E-state index contributed by atoms with van der Waals surface area (Å²) in [7, 11) is 0. The molecule has 2 aromatic carbocycles. The number of aromatic nitrogens is 3. The van der Waals surface area contributed by atoms with Crippen LogP contribution in [0.2, 0.25) is 0 Å². The number of hydrogen-bond donors (Lipinski definition) is 0. The summed E-state index contributed by atoms with van der Waals surface area (Å²) in [5.41, 5.74) is 2.13. The zero-order chi connectivity index (χ0) is 24.4. The molecule has 0 aliphatic carbocycles. The van der Waals surface area contributed by atoms with Gasteiger partial charge in [0, 0.05) is 24.7 Å². The molecule has 0 amide bonds. The van der Waals surface area contributed by atoms with E-state index >= 15 is 0 Å². The number of hydrogen-bond acceptors (Lipinski definition) is 3. The number of benzene rings is 2. The van der Waals surface area contributed by atoms with Crippen molar-refractivity contribution in [3.05, 3.63) is 106 Å². The quantitative estimate of drug-likeness (QED) is 0.285. The molecule has 0 radical (unpaired) electrons. The second-order valence-electron chi connectivity index (χ2n) is 8.75. The molecule has 1 aliphatic heterocycles. The number of pyridine rings is 1. The monoisotopic (exact) mass is 475 g/mol. The smallest absolute Gasteiger partial charge is 0.280 e. The first kappa shape index (κ1) is 23.0. The van der Waals surface area contributed by atoms with E-state index in [1.165, 1.54) is 12.3 Å². The molecule has 1 atom stereocenters. The molecular weight excluding hydrogens is 448 g/mol. The van der Waals surface area contributed by atoms with Crippen molar-refractivity contribution in [3.63, 3.8) is 0 Å². The largest absolute Gasteiger partial charge is 0.487 e. The van der Waals surface area contributed by atoms with Crippen LogP contribution >= 0.6 is 0 Å². The summed E-state index contributed by atoms with van der Waals surface area (Å²) >= 11 is 0. The number of ether oxygens (including phenoxy) is 1. The minimum absolute atomic E-state index is 0.150. The minimum atomic E-state index is -2.68. The van der Waals surface area contributed by atoms with Crippen LogP contribution < -0.4 is 10.2 Å². The van der Waals surface area contributed by atoms with Gasteiger partial charge in [-0.25, -0.2) is 13.8 Å². The van der Waals surface area contributed by atoms with Crippen molar-refractivity contribution < 1.29 is 13.5 Å². The maximum absolute atomic E-state index is 14.0. The predicted molar refractivity (Wildman–Crippen MR) is 131 cm³/mol. The Morgan fingerprint density at radius 3 is 2.29 bits per heavy atom. The zero-order valence-electron chi connectivity index (χ0n) is 19.5. The Balaban J connectivity index is 1.74. The molecule has 0 saturated heterocycles. The number of fused-ring (bicyclic) bond motifs is 3. The Bertz CT molecular complexity index is 1310. The summed E-state index contributed by atoms with van der Waals surface area (Å²) in [6, 6.07) is 21.2. The van der Waals surface area contributed by atoms with Crippen molar-refractivity contribution in [2.24, 2.45) is 0 Å². The third-order valence-electron chi connectivity index (χ3n) is 6.58. The Morgan fingerprint density at radius 2 is 1.69 bits per heavy atom. The van der Waals surface area contributed by atoms with Gasteiger partial charge >= 0.3 is 0 Å². The molecule has 5 nitrogen and oxygen atoms in total. The molecule has 3 heterocycles. The number of unbranched alkanes of at least 4 members (excludes halogenated alkanes) is 1. The van der Waals surface area contributed by atoms with Crippen LogP contribution in [0.25, 0.3) is 11.5 Å². The molecule has 0 spiro atoms. The van der Waals surface area contributed by atoms with Gasteiger partial charge in [-0.05, 0) is 17.5 Å². The molecule has 0 unspecified atom stereocenters. The first-order chi connectivity index (χ1) is 17.1. The van der Waals surface area contributed by atoms with E-state index in [2.05, 4.69) is 29.2 Å². The van der Waals surface area contributed by atoms with Gasteiger partial charge in [0.2, 0.25) is 5.43 Å². The maximum atomic E-state index is 14.0. The lowest BCUT2D eigenvalue weighted by molar-refractivity contribution is 0.138. The third kappa shape index (κ3) is 4.27. The van der Waals surface area contributed by atoms with E-state index in [-0.39, 0.29) is 35.4 Å². The van der Waals surface area contributed by atoms with E-state index in [9.17, 15) is 13.6 Å². The lowest BCUT2D eigenvalue weighted by Crippen LogP contribution is -2.32. The number of halogens is 2. The normalized spacial score (nSPS) is 14.7. The first-order valence-electron chi connectivity index (χ1n) is 11.9. The molecule has 0 fully saturated rings. The molecule has 180 valence electrons. The summed E-state index contributed by atoms with van der Waals surface area (Å²) in [5.74, 6) is 0.349. The van der Waals surface area contributed by atoms with Crippen molar-refractivity contribution in [2.45, 2.75) is 44.7 Å². The van der Waals surface area contributed by atoms with Gasteiger partial charge in [0.05, 0.1) is 18.8 Å². The van der Waals surface area contributed by atoms with E-state index < -0.39 is 6.43 Å². The Labute approximate surface area is 202 Å². The average Bonchev–Trinajstić information content (AvgIpc) is 3.31. The van der Waals surface area contributed by atoms with Crippen LogP contribution in [0.4, 0.5) is 8.78 Å². The topological polar surface area (TPSA) is 49.0 Å². The van der Waals surface area contributed by atoms with E-state index in [0.717, 1.165) is 24.0 Å². The molecule has 4 aromatic rings. The third-order valence-corrected chi connectivity index (χ3v) is 6.58. The SMILES string of the molecule is CCCCOc1c2n(ccc1=O)[C@@H](C(c1ccccc1)c1ccccc1)Cn1c(C(F)F)cnc1-2. The summed E-state index contributed by atoms with van der Waals surface area (Å²) < 4.78 is 37.5. The molecule has 35 heavy (non-hydrogen) atoms. The van der Waals surface area contributed by atoms with Crippen molar-refractivity contribution in [1.29, 1.82) is 0 Å². The van der Waals surface area contributed by atoms with E-state index in [4.69, 9.17) is 4.74 Å². The second kappa shape index (κ2) is 9.86. The van der Waals surface area contributed by atoms with E-state index in [1.807, 2.05) is 47.9 Å². The molecule has 1 aliphatic rings. The molecule has 7 heteroatoms. The minimum Gasteiger partial charge on any atom is -0.487 e. The maximum Gasteiger partial charge on any atom is 0.280 e. The fraction of sp³-hybridized carbons (Fsp3) is 0.286. The van der Waals surface area contributed by atoms with Crippen molar-refractivity contribution in [1.82, 2.24) is 14.1 Å². The lowest BCUT2D eigenvalue weighted by Gasteiger charge is -2.37.